The fourth-order valence-electron chi connectivity index (χ4n) is 2.61. The highest BCUT2D eigenvalue weighted by atomic mass is 32.1. The van der Waals surface area contributed by atoms with Crippen molar-refractivity contribution in [3.8, 4) is 22.9 Å². The van der Waals surface area contributed by atoms with Gasteiger partial charge in [-0.2, -0.15) is 10.3 Å². The van der Waals surface area contributed by atoms with Crippen LogP contribution in [0.3, 0.4) is 0 Å². The van der Waals surface area contributed by atoms with Crippen molar-refractivity contribution in [2.75, 3.05) is 7.11 Å². The SMILES string of the molecule is COc1ccccc1-c1c(C#N)sc2ccc(C(=O)N=C(N)N)cc12. The molecule has 1 amide bonds. The number of benzene rings is 2. The third-order valence-corrected chi connectivity index (χ3v) is 4.72. The normalized spacial score (nSPS) is 10.2. The predicted octanol–water partition coefficient (Wildman–Crippen LogP) is 2.86. The number of nitriles is 1. The van der Waals surface area contributed by atoms with Crippen LogP contribution in [0.5, 0.6) is 5.75 Å². The summed E-state index contributed by atoms with van der Waals surface area (Å²) in [6.07, 6.45) is 0. The van der Waals surface area contributed by atoms with E-state index in [0.717, 1.165) is 21.2 Å². The van der Waals surface area contributed by atoms with E-state index in [9.17, 15) is 10.1 Å². The second-order valence-electron chi connectivity index (χ2n) is 5.17. The van der Waals surface area contributed by atoms with Gasteiger partial charge in [0.15, 0.2) is 5.96 Å². The molecule has 0 saturated carbocycles. The lowest BCUT2D eigenvalue weighted by Gasteiger charge is -2.08. The van der Waals surface area contributed by atoms with Crippen LogP contribution in [0, 0.1) is 11.3 Å². The van der Waals surface area contributed by atoms with Gasteiger partial charge in [0.2, 0.25) is 0 Å². The molecule has 0 fully saturated rings. The summed E-state index contributed by atoms with van der Waals surface area (Å²) in [4.78, 5) is 16.2. The molecule has 2 aromatic carbocycles. The van der Waals surface area contributed by atoms with Crippen LogP contribution < -0.4 is 16.2 Å². The second kappa shape index (κ2) is 6.63. The Morgan fingerprint density at radius 1 is 1.24 bits per heavy atom. The number of methoxy groups -OCH3 is 1. The molecule has 0 aliphatic rings. The summed E-state index contributed by atoms with van der Waals surface area (Å²) in [5, 5.41) is 10.3. The molecule has 25 heavy (non-hydrogen) atoms. The second-order valence-corrected chi connectivity index (χ2v) is 6.22. The molecule has 124 valence electrons. The molecule has 0 radical (unpaired) electrons. The zero-order valence-electron chi connectivity index (χ0n) is 13.3. The Kier molecular flexibility index (Phi) is 4.37. The van der Waals surface area contributed by atoms with Crippen LogP contribution in [0.15, 0.2) is 47.5 Å². The van der Waals surface area contributed by atoms with Gasteiger partial charge in [0, 0.05) is 26.8 Å². The molecular weight excluding hydrogens is 336 g/mol. The highest BCUT2D eigenvalue weighted by molar-refractivity contribution is 7.20. The topological polar surface area (TPSA) is 114 Å². The van der Waals surface area contributed by atoms with E-state index >= 15 is 0 Å². The van der Waals surface area contributed by atoms with Crippen LogP contribution in [-0.4, -0.2) is 19.0 Å². The number of guanidine groups is 1. The smallest absolute Gasteiger partial charge is 0.280 e. The number of ether oxygens (including phenoxy) is 1. The largest absolute Gasteiger partial charge is 0.496 e. The number of hydrogen-bond acceptors (Lipinski definition) is 4. The van der Waals surface area contributed by atoms with Gasteiger partial charge in [0.05, 0.1) is 7.11 Å². The van der Waals surface area contributed by atoms with Gasteiger partial charge in [-0.15, -0.1) is 11.3 Å². The molecule has 6 nitrogen and oxygen atoms in total. The number of amides is 1. The van der Waals surface area contributed by atoms with Crippen molar-refractivity contribution < 1.29 is 9.53 Å². The summed E-state index contributed by atoms with van der Waals surface area (Å²) in [6.45, 7) is 0. The number of nitrogens with two attached hydrogens (primary N) is 2. The highest BCUT2D eigenvalue weighted by Crippen LogP contribution is 2.42. The molecule has 0 unspecified atom stereocenters. The van der Waals surface area contributed by atoms with E-state index in [0.29, 0.717) is 16.2 Å². The van der Waals surface area contributed by atoms with Crippen LogP contribution in [0.25, 0.3) is 21.2 Å². The van der Waals surface area contributed by atoms with Gasteiger partial charge in [0.1, 0.15) is 16.7 Å². The Morgan fingerprint density at radius 2 is 2.00 bits per heavy atom. The summed E-state index contributed by atoms with van der Waals surface area (Å²) < 4.78 is 6.31. The fraction of sp³-hybridized carbons (Fsp3) is 0.0556. The molecule has 0 aliphatic carbocycles. The number of rotatable bonds is 3. The average molecular weight is 350 g/mol. The van der Waals surface area contributed by atoms with Gasteiger partial charge in [0.25, 0.3) is 5.91 Å². The van der Waals surface area contributed by atoms with Crippen LogP contribution in [0.1, 0.15) is 15.2 Å². The maximum atomic E-state index is 12.1. The van der Waals surface area contributed by atoms with E-state index in [2.05, 4.69) is 11.1 Å². The minimum absolute atomic E-state index is 0.293. The summed E-state index contributed by atoms with van der Waals surface area (Å²) in [7, 11) is 1.58. The summed E-state index contributed by atoms with van der Waals surface area (Å²) >= 11 is 1.36. The first kappa shape index (κ1) is 16.5. The number of fused-ring (bicyclic) bond motifs is 1. The first-order valence-corrected chi connectivity index (χ1v) is 8.10. The molecule has 0 bridgehead atoms. The van der Waals surface area contributed by atoms with Crippen molar-refractivity contribution in [2.45, 2.75) is 0 Å². The molecule has 0 spiro atoms. The standard InChI is InChI=1S/C18H14N4O2S/c1-24-13-5-3-2-4-11(13)16-12-8-10(17(23)22-18(20)21)6-7-14(12)25-15(16)9-19/h2-8H,1H3,(H4,20,21,22,23). The molecule has 3 aromatic rings. The number of carbonyl (C=O) groups is 1. The Bertz CT molecular complexity index is 1040. The highest BCUT2D eigenvalue weighted by Gasteiger charge is 2.18. The van der Waals surface area contributed by atoms with E-state index in [1.807, 2.05) is 24.3 Å². The third-order valence-electron chi connectivity index (χ3n) is 3.64. The van der Waals surface area contributed by atoms with Crippen molar-refractivity contribution in [2.24, 2.45) is 16.5 Å². The minimum Gasteiger partial charge on any atom is -0.496 e. The molecular formula is C18H14N4O2S. The van der Waals surface area contributed by atoms with E-state index < -0.39 is 5.91 Å². The van der Waals surface area contributed by atoms with Crippen molar-refractivity contribution in [1.29, 1.82) is 5.26 Å². The molecule has 1 heterocycles. The Hall–Kier alpha value is -3.37. The summed E-state index contributed by atoms with van der Waals surface area (Å²) in [5.74, 6) is -0.171. The van der Waals surface area contributed by atoms with Crippen molar-refractivity contribution in [1.82, 2.24) is 0 Å². The van der Waals surface area contributed by atoms with Crippen molar-refractivity contribution in [3.63, 3.8) is 0 Å². The third kappa shape index (κ3) is 3.03. The molecule has 0 aliphatic heterocycles. The summed E-state index contributed by atoms with van der Waals surface area (Å²) in [6, 6.07) is 14.8. The Balaban J connectivity index is 2.28. The van der Waals surface area contributed by atoms with E-state index in [4.69, 9.17) is 16.2 Å². The fourth-order valence-corrected chi connectivity index (χ4v) is 3.60. The zero-order valence-corrected chi connectivity index (χ0v) is 14.1. The first-order valence-electron chi connectivity index (χ1n) is 7.29. The number of para-hydroxylation sites is 1. The molecule has 4 N–H and O–H groups in total. The van der Waals surface area contributed by atoms with Gasteiger partial charge in [-0.1, -0.05) is 18.2 Å². The maximum absolute atomic E-state index is 12.1. The quantitative estimate of drug-likeness (QED) is 0.557. The first-order chi connectivity index (χ1) is 12.0. The van der Waals surface area contributed by atoms with E-state index in [1.54, 1.807) is 25.3 Å². The summed E-state index contributed by atoms with van der Waals surface area (Å²) in [5.41, 5.74) is 12.4. The van der Waals surface area contributed by atoms with Crippen LogP contribution in [0.2, 0.25) is 0 Å². The Morgan fingerprint density at radius 3 is 2.68 bits per heavy atom. The maximum Gasteiger partial charge on any atom is 0.280 e. The molecule has 7 heteroatoms. The number of thiophene rings is 1. The minimum atomic E-state index is -0.530. The van der Waals surface area contributed by atoms with Gasteiger partial charge in [-0.05, 0) is 24.3 Å². The lowest BCUT2D eigenvalue weighted by Crippen LogP contribution is -2.24. The number of carbonyl (C=O) groups excluding carboxylic acids is 1. The molecule has 3 rings (SSSR count). The monoisotopic (exact) mass is 350 g/mol. The number of nitrogens with zero attached hydrogens (tertiary/aromatic N) is 2. The Labute approximate surface area is 148 Å². The lowest BCUT2D eigenvalue weighted by atomic mass is 10.00. The number of aliphatic imine (C=N–C) groups is 1. The van der Waals surface area contributed by atoms with Crippen LogP contribution in [0.4, 0.5) is 0 Å². The van der Waals surface area contributed by atoms with Crippen LogP contribution in [-0.2, 0) is 0 Å². The van der Waals surface area contributed by atoms with Crippen molar-refractivity contribution >= 4 is 33.3 Å². The molecule has 0 saturated heterocycles. The van der Waals surface area contributed by atoms with E-state index in [-0.39, 0.29) is 5.96 Å². The van der Waals surface area contributed by atoms with Gasteiger partial charge in [-0.3, -0.25) is 4.79 Å². The molecule has 0 atom stereocenters. The predicted molar refractivity (Wildman–Crippen MR) is 98.7 cm³/mol. The average Bonchev–Trinajstić information content (AvgIpc) is 2.98. The molecule has 1 aromatic heterocycles. The zero-order chi connectivity index (χ0) is 18.0. The lowest BCUT2D eigenvalue weighted by molar-refractivity contribution is 0.100. The van der Waals surface area contributed by atoms with E-state index in [1.165, 1.54) is 11.3 Å². The van der Waals surface area contributed by atoms with Gasteiger partial charge < -0.3 is 16.2 Å². The van der Waals surface area contributed by atoms with Gasteiger partial charge in [-0.25, -0.2) is 0 Å². The number of hydrogen-bond donors (Lipinski definition) is 2. The van der Waals surface area contributed by atoms with Crippen molar-refractivity contribution in [3.05, 3.63) is 52.9 Å². The van der Waals surface area contributed by atoms with Gasteiger partial charge >= 0.3 is 0 Å². The van der Waals surface area contributed by atoms with Crippen LogP contribution >= 0.6 is 11.3 Å².